The van der Waals surface area contributed by atoms with Crippen molar-refractivity contribution in [3.63, 3.8) is 0 Å². The minimum absolute atomic E-state index is 0.0323. The molecule has 0 radical (unpaired) electrons. The number of nitrogens with zero attached hydrogens (tertiary/aromatic N) is 3. The van der Waals surface area contributed by atoms with E-state index in [1.807, 2.05) is 53.4 Å². The molecule has 1 saturated carbocycles. The summed E-state index contributed by atoms with van der Waals surface area (Å²) in [6.45, 7) is 0.483. The van der Waals surface area contributed by atoms with Crippen molar-refractivity contribution in [3.8, 4) is 0 Å². The lowest BCUT2D eigenvalue weighted by Gasteiger charge is -2.34. The molecule has 0 bridgehead atoms. The summed E-state index contributed by atoms with van der Waals surface area (Å²) in [6, 6.07) is 15.8. The summed E-state index contributed by atoms with van der Waals surface area (Å²) >= 11 is 0. The van der Waals surface area contributed by atoms with Crippen molar-refractivity contribution < 1.29 is 9.21 Å². The number of aromatic nitrogens is 2. The van der Waals surface area contributed by atoms with E-state index >= 15 is 0 Å². The van der Waals surface area contributed by atoms with Crippen molar-refractivity contribution in [3.05, 3.63) is 72.2 Å². The Labute approximate surface area is 169 Å². The van der Waals surface area contributed by atoms with Crippen LogP contribution in [0, 0.1) is 0 Å². The highest BCUT2D eigenvalue weighted by atomic mass is 16.3. The van der Waals surface area contributed by atoms with E-state index in [1.165, 1.54) is 6.42 Å². The molecule has 1 aliphatic carbocycles. The molecule has 2 heterocycles. The van der Waals surface area contributed by atoms with Crippen LogP contribution in [0.5, 0.6) is 0 Å². The van der Waals surface area contributed by atoms with Crippen LogP contribution in [0.2, 0.25) is 0 Å². The molecule has 2 aromatic carbocycles. The van der Waals surface area contributed by atoms with Crippen LogP contribution in [-0.4, -0.2) is 26.8 Å². The fourth-order valence-electron chi connectivity index (χ4n) is 4.30. The Morgan fingerprint density at radius 3 is 2.59 bits per heavy atom. The number of fused-ring (bicyclic) bond motifs is 2. The fourth-order valence-corrected chi connectivity index (χ4v) is 4.30. The van der Waals surface area contributed by atoms with Crippen LogP contribution in [0.1, 0.15) is 48.2 Å². The van der Waals surface area contributed by atoms with Crippen molar-refractivity contribution >= 4 is 27.9 Å². The molecule has 1 aliphatic rings. The molecule has 2 aromatic heterocycles. The molecule has 5 rings (SSSR count). The third kappa shape index (κ3) is 3.60. The second-order valence-corrected chi connectivity index (χ2v) is 7.74. The largest absolute Gasteiger partial charge is 0.459 e. The minimum atomic E-state index is 0.0323. The smallest absolute Gasteiger partial charge is 0.254 e. The maximum atomic E-state index is 13.5. The van der Waals surface area contributed by atoms with Gasteiger partial charge in [0.1, 0.15) is 11.3 Å². The number of carbonyl (C=O) groups is 1. The van der Waals surface area contributed by atoms with Gasteiger partial charge in [0.15, 0.2) is 0 Å². The van der Waals surface area contributed by atoms with Gasteiger partial charge in [-0.3, -0.25) is 14.8 Å². The molecule has 0 saturated heterocycles. The number of amides is 1. The predicted molar refractivity (Wildman–Crippen MR) is 112 cm³/mol. The molecule has 4 aromatic rings. The van der Waals surface area contributed by atoms with Gasteiger partial charge in [-0.05, 0) is 43.2 Å². The Kier molecular flexibility index (Phi) is 4.72. The first-order valence-electron chi connectivity index (χ1n) is 10.3. The zero-order chi connectivity index (χ0) is 19.6. The van der Waals surface area contributed by atoms with E-state index in [-0.39, 0.29) is 11.9 Å². The van der Waals surface area contributed by atoms with Gasteiger partial charge in [0.2, 0.25) is 0 Å². The van der Waals surface area contributed by atoms with Gasteiger partial charge in [0.05, 0.1) is 17.6 Å². The average Bonchev–Trinajstić information content (AvgIpc) is 3.20. The quantitative estimate of drug-likeness (QED) is 0.475. The van der Waals surface area contributed by atoms with E-state index in [0.29, 0.717) is 12.1 Å². The SMILES string of the molecule is O=C(c1ccc2nccnc2c1)N(Cc1cc2ccccc2o1)C1CCCCC1. The molecule has 5 heteroatoms. The van der Waals surface area contributed by atoms with Crippen LogP contribution < -0.4 is 0 Å². The van der Waals surface area contributed by atoms with E-state index in [9.17, 15) is 4.79 Å². The maximum absolute atomic E-state index is 13.5. The number of hydrogen-bond donors (Lipinski definition) is 0. The highest BCUT2D eigenvalue weighted by Gasteiger charge is 2.27. The van der Waals surface area contributed by atoms with Gasteiger partial charge in [0.25, 0.3) is 5.91 Å². The predicted octanol–water partition coefficient (Wildman–Crippen LogP) is 5.35. The molecule has 146 valence electrons. The zero-order valence-electron chi connectivity index (χ0n) is 16.3. The maximum Gasteiger partial charge on any atom is 0.254 e. The molecular weight excluding hydrogens is 362 g/mol. The van der Waals surface area contributed by atoms with E-state index in [0.717, 1.165) is 53.4 Å². The van der Waals surface area contributed by atoms with Gasteiger partial charge in [-0.2, -0.15) is 0 Å². The molecule has 0 atom stereocenters. The first-order chi connectivity index (χ1) is 14.3. The summed E-state index contributed by atoms with van der Waals surface area (Å²) in [5, 5.41) is 1.07. The highest BCUT2D eigenvalue weighted by molar-refractivity contribution is 5.97. The van der Waals surface area contributed by atoms with Crippen LogP contribution in [-0.2, 0) is 6.54 Å². The van der Waals surface area contributed by atoms with Crippen molar-refractivity contribution in [1.82, 2.24) is 14.9 Å². The topological polar surface area (TPSA) is 59.2 Å². The van der Waals surface area contributed by atoms with Gasteiger partial charge >= 0.3 is 0 Å². The van der Waals surface area contributed by atoms with Crippen molar-refractivity contribution in [1.29, 1.82) is 0 Å². The Hall–Kier alpha value is -3.21. The van der Waals surface area contributed by atoms with Gasteiger partial charge in [-0.15, -0.1) is 0 Å². The Morgan fingerprint density at radius 1 is 0.966 bits per heavy atom. The first-order valence-corrected chi connectivity index (χ1v) is 10.3. The molecule has 0 aliphatic heterocycles. The lowest BCUT2D eigenvalue weighted by molar-refractivity contribution is 0.0598. The average molecular weight is 385 g/mol. The van der Waals surface area contributed by atoms with E-state index in [2.05, 4.69) is 9.97 Å². The minimum Gasteiger partial charge on any atom is -0.459 e. The molecule has 5 nitrogen and oxygen atoms in total. The van der Waals surface area contributed by atoms with Crippen molar-refractivity contribution in [2.24, 2.45) is 0 Å². The third-order valence-electron chi connectivity index (χ3n) is 5.80. The number of para-hydroxylation sites is 1. The molecular formula is C24H23N3O2. The second-order valence-electron chi connectivity index (χ2n) is 7.74. The summed E-state index contributed by atoms with van der Waals surface area (Å²) < 4.78 is 6.03. The Balaban J connectivity index is 1.48. The van der Waals surface area contributed by atoms with Crippen LogP contribution in [0.3, 0.4) is 0 Å². The first kappa shape index (κ1) is 17.9. The molecule has 1 fully saturated rings. The number of furan rings is 1. The number of hydrogen-bond acceptors (Lipinski definition) is 4. The standard InChI is InChI=1S/C24H23N3O2/c28-24(18-10-11-21-22(15-18)26-13-12-25-21)27(19-7-2-1-3-8-19)16-20-14-17-6-4-5-9-23(17)29-20/h4-6,9-15,19H,1-3,7-8,16H2. The van der Waals surface area contributed by atoms with Gasteiger partial charge in [-0.1, -0.05) is 37.5 Å². The normalized spacial score (nSPS) is 15.0. The molecule has 0 N–H and O–H groups in total. The van der Waals surface area contributed by atoms with Crippen LogP contribution in [0.15, 0.2) is 65.3 Å². The molecule has 1 amide bonds. The lowest BCUT2D eigenvalue weighted by atomic mass is 9.93. The van der Waals surface area contributed by atoms with Gasteiger partial charge in [0, 0.05) is 29.4 Å². The number of rotatable bonds is 4. The van der Waals surface area contributed by atoms with Crippen LogP contribution in [0.4, 0.5) is 0 Å². The van der Waals surface area contributed by atoms with E-state index < -0.39 is 0 Å². The summed E-state index contributed by atoms with van der Waals surface area (Å²) in [6.07, 6.45) is 8.98. The van der Waals surface area contributed by atoms with Crippen molar-refractivity contribution in [2.75, 3.05) is 0 Å². The molecule has 0 unspecified atom stereocenters. The van der Waals surface area contributed by atoms with Crippen LogP contribution >= 0.6 is 0 Å². The number of benzene rings is 2. The Morgan fingerprint density at radius 2 is 1.76 bits per heavy atom. The van der Waals surface area contributed by atoms with Crippen LogP contribution in [0.25, 0.3) is 22.0 Å². The fraction of sp³-hybridized carbons (Fsp3) is 0.292. The van der Waals surface area contributed by atoms with Gasteiger partial charge in [-0.25, -0.2) is 0 Å². The molecule has 0 spiro atoms. The third-order valence-corrected chi connectivity index (χ3v) is 5.80. The summed E-state index contributed by atoms with van der Waals surface area (Å²) in [4.78, 5) is 24.2. The monoisotopic (exact) mass is 385 g/mol. The van der Waals surface area contributed by atoms with E-state index in [4.69, 9.17) is 4.42 Å². The van der Waals surface area contributed by atoms with E-state index in [1.54, 1.807) is 12.4 Å². The Bertz CT molecular complexity index is 1130. The lowest BCUT2D eigenvalue weighted by Crippen LogP contribution is -2.40. The number of carbonyl (C=O) groups excluding carboxylic acids is 1. The second kappa shape index (κ2) is 7.66. The summed E-state index contributed by atoms with van der Waals surface area (Å²) in [7, 11) is 0. The van der Waals surface area contributed by atoms with Gasteiger partial charge < -0.3 is 9.32 Å². The summed E-state index contributed by atoms with van der Waals surface area (Å²) in [5.74, 6) is 0.857. The highest BCUT2D eigenvalue weighted by Crippen LogP contribution is 2.28. The summed E-state index contributed by atoms with van der Waals surface area (Å²) in [5.41, 5.74) is 3.05. The molecule has 29 heavy (non-hydrogen) atoms. The van der Waals surface area contributed by atoms with Crippen molar-refractivity contribution in [2.45, 2.75) is 44.7 Å². The zero-order valence-corrected chi connectivity index (χ0v) is 16.3.